The number of nitrogens with one attached hydrogen (secondary N) is 2. The highest BCUT2D eigenvalue weighted by Crippen LogP contribution is 2.25. The summed E-state index contributed by atoms with van der Waals surface area (Å²) in [4.78, 5) is 21.0. The number of thiazole rings is 1. The molecule has 2 aromatic rings. The topological polar surface area (TPSA) is 66.9 Å². The van der Waals surface area contributed by atoms with Gasteiger partial charge in [0.05, 0.1) is 0 Å². The van der Waals surface area contributed by atoms with Crippen LogP contribution in [0.1, 0.15) is 24.6 Å². The van der Waals surface area contributed by atoms with Gasteiger partial charge in [-0.05, 0) is 18.1 Å². The van der Waals surface area contributed by atoms with E-state index in [1.807, 2.05) is 6.07 Å². The summed E-state index contributed by atoms with van der Waals surface area (Å²) in [5, 5.41) is 5.91. The summed E-state index contributed by atoms with van der Waals surface area (Å²) in [5.74, 6) is 0.924. The Morgan fingerprint density at radius 1 is 1.28 bits per heavy atom. The van der Waals surface area contributed by atoms with Crippen LogP contribution < -0.4 is 10.6 Å². The average Bonchev–Trinajstić information content (AvgIpc) is 2.78. The summed E-state index contributed by atoms with van der Waals surface area (Å²) in [6.45, 7) is 4.18. The summed E-state index contributed by atoms with van der Waals surface area (Å²) in [5.41, 5.74) is 0. The van der Waals surface area contributed by atoms with Gasteiger partial charge >= 0.3 is 6.03 Å². The lowest BCUT2D eigenvalue weighted by Crippen LogP contribution is -2.19. The number of amides is 2. The molecule has 0 radical (unpaired) electrons. The van der Waals surface area contributed by atoms with Gasteiger partial charge in [-0.1, -0.05) is 19.9 Å². The van der Waals surface area contributed by atoms with Gasteiger partial charge in [0.25, 0.3) is 0 Å². The van der Waals surface area contributed by atoms with Crippen LogP contribution in [0.25, 0.3) is 0 Å². The van der Waals surface area contributed by atoms with Gasteiger partial charge in [-0.25, -0.2) is 14.8 Å². The SMILES string of the molecule is CC(C)c1cnc(NC(=O)Nc2ccccn2)s1. The van der Waals surface area contributed by atoms with Crippen LogP contribution >= 0.6 is 11.3 Å². The maximum absolute atomic E-state index is 11.7. The first kappa shape index (κ1) is 12.5. The van der Waals surface area contributed by atoms with Crippen molar-refractivity contribution in [3.05, 3.63) is 35.5 Å². The molecule has 0 fully saturated rings. The Balaban J connectivity index is 1.95. The van der Waals surface area contributed by atoms with Crippen molar-refractivity contribution >= 4 is 28.3 Å². The van der Waals surface area contributed by atoms with Crippen LogP contribution in [0.4, 0.5) is 15.7 Å². The average molecular weight is 262 g/mol. The molecule has 0 unspecified atom stereocenters. The number of anilines is 2. The Labute approximate surface area is 109 Å². The molecular formula is C12H14N4OS. The van der Waals surface area contributed by atoms with E-state index in [4.69, 9.17) is 0 Å². The van der Waals surface area contributed by atoms with Crippen LogP contribution in [0.15, 0.2) is 30.6 Å². The molecule has 0 atom stereocenters. The molecule has 0 saturated carbocycles. The lowest BCUT2D eigenvalue weighted by Gasteiger charge is -2.03. The van der Waals surface area contributed by atoms with E-state index in [1.165, 1.54) is 11.3 Å². The number of hydrogen-bond acceptors (Lipinski definition) is 4. The first-order chi connectivity index (χ1) is 8.65. The van der Waals surface area contributed by atoms with Gasteiger partial charge in [0.15, 0.2) is 5.13 Å². The molecule has 0 aliphatic rings. The lowest BCUT2D eigenvalue weighted by molar-refractivity contribution is 0.262. The van der Waals surface area contributed by atoms with E-state index in [1.54, 1.807) is 24.5 Å². The zero-order valence-corrected chi connectivity index (χ0v) is 11.0. The Bertz CT molecular complexity index is 524. The Morgan fingerprint density at radius 3 is 2.72 bits per heavy atom. The smallest absolute Gasteiger partial charge is 0.292 e. The van der Waals surface area contributed by atoms with Crippen molar-refractivity contribution in [1.82, 2.24) is 9.97 Å². The van der Waals surface area contributed by atoms with Crippen LogP contribution in [0.2, 0.25) is 0 Å². The van der Waals surface area contributed by atoms with E-state index in [0.717, 1.165) is 4.88 Å². The second-order valence-corrected chi connectivity index (χ2v) is 5.08. The number of rotatable bonds is 3. The molecule has 2 rings (SSSR count). The van der Waals surface area contributed by atoms with Crippen molar-refractivity contribution in [2.45, 2.75) is 19.8 Å². The molecule has 2 aromatic heterocycles. The minimum Gasteiger partial charge on any atom is -0.292 e. The molecule has 94 valence electrons. The maximum Gasteiger partial charge on any atom is 0.326 e. The van der Waals surface area contributed by atoms with Crippen molar-refractivity contribution in [2.75, 3.05) is 10.6 Å². The lowest BCUT2D eigenvalue weighted by atomic mass is 10.2. The van der Waals surface area contributed by atoms with Crippen molar-refractivity contribution in [1.29, 1.82) is 0 Å². The van der Waals surface area contributed by atoms with E-state index in [9.17, 15) is 4.79 Å². The molecule has 0 aromatic carbocycles. The number of pyridine rings is 1. The van der Waals surface area contributed by atoms with Gasteiger partial charge in [0.2, 0.25) is 0 Å². The highest BCUT2D eigenvalue weighted by atomic mass is 32.1. The second kappa shape index (κ2) is 5.59. The third kappa shape index (κ3) is 3.27. The molecule has 0 bridgehead atoms. The number of urea groups is 1. The molecule has 18 heavy (non-hydrogen) atoms. The van der Waals surface area contributed by atoms with Gasteiger partial charge < -0.3 is 0 Å². The Hall–Kier alpha value is -1.95. The molecule has 0 saturated heterocycles. The molecule has 0 aliphatic carbocycles. The van der Waals surface area contributed by atoms with Crippen LogP contribution in [-0.4, -0.2) is 16.0 Å². The number of nitrogens with zero attached hydrogens (tertiary/aromatic N) is 2. The second-order valence-electron chi connectivity index (χ2n) is 4.02. The molecule has 2 N–H and O–H groups in total. The number of carbonyl (C=O) groups is 1. The first-order valence-electron chi connectivity index (χ1n) is 5.60. The minimum atomic E-state index is -0.335. The zero-order valence-electron chi connectivity index (χ0n) is 10.2. The fraction of sp³-hybridized carbons (Fsp3) is 0.250. The molecule has 2 amide bonds. The summed E-state index contributed by atoms with van der Waals surface area (Å²) in [7, 11) is 0. The zero-order chi connectivity index (χ0) is 13.0. The van der Waals surface area contributed by atoms with Crippen LogP contribution in [0.5, 0.6) is 0 Å². The summed E-state index contributed by atoms with van der Waals surface area (Å²) >= 11 is 1.48. The highest BCUT2D eigenvalue weighted by molar-refractivity contribution is 7.15. The van der Waals surface area contributed by atoms with E-state index in [2.05, 4.69) is 34.4 Å². The van der Waals surface area contributed by atoms with Crippen LogP contribution in [-0.2, 0) is 0 Å². The third-order valence-corrected chi connectivity index (χ3v) is 3.43. The number of carbonyl (C=O) groups excluding carboxylic acids is 1. The van der Waals surface area contributed by atoms with E-state index >= 15 is 0 Å². The van der Waals surface area contributed by atoms with Crippen molar-refractivity contribution in [2.24, 2.45) is 0 Å². The maximum atomic E-state index is 11.7. The van der Waals surface area contributed by atoms with Gasteiger partial charge in [-0.2, -0.15) is 0 Å². The normalized spacial score (nSPS) is 10.4. The minimum absolute atomic E-state index is 0.335. The van der Waals surface area contributed by atoms with Gasteiger partial charge in [-0.3, -0.25) is 10.6 Å². The van der Waals surface area contributed by atoms with Crippen LogP contribution in [0.3, 0.4) is 0 Å². The molecule has 0 aliphatic heterocycles. The largest absolute Gasteiger partial charge is 0.326 e. The Morgan fingerprint density at radius 2 is 2.11 bits per heavy atom. The molecular weight excluding hydrogens is 248 g/mol. The number of hydrogen-bond donors (Lipinski definition) is 2. The van der Waals surface area contributed by atoms with E-state index in [0.29, 0.717) is 16.9 Å². The quantitative estimate of drug-likeness (QED) is 0.891. The first-order valence-corrected chi connectivity index (χ1v) is 6.41. The summed E-state index contributed by atoms with van der Waals surface area (Å²) < 4.78 is 0. The summed E-state index contributed by atoms with van der Waals surface area (Å²) in [6.07, 6.45) is 3.40. The third-order valence-electron chi connectivity index (χ3n) is 2.22. The molecule has 2 heterocycles. The van der Waals surface area contributed by atoms with E-state index < -0.39 is 0 Å². The van der Waals surface area contributed by atoms with Crippen molar-refractivity contribution in [3.63, 3.8) is 0 Å². The molecule has 6 heteroatoms. The number of aromatic nitrogens is 2. The fourth-order valence-corrected chi connectivity index (χ4v) is 2.11. The van der Waals surface area contributed by atoms with Gasteiger partial charge in [0.1, 0.15) is 5.82 Å². The van der Waals surface area contributed by atoms with Gasteiger partial charge in [-0.15, -0.1) is 11.3 Å². The van der Waals surface area contributed by atoms with Crippen molar-refractivity contribution < 1.29 is 4.79 Å². The fourth-order valence-electron chi connectivity index (χ4n) is 1.29. The summed E-state index contributed by atoms with van der Waals surface area (Å²) in [6, 6.07) is 4.99. The van der Waals surface area contributed by atoms with Crippen LogP contribution in [0, 0.1) is 0 Å². The monoisotopic (exact) mass is 262 g/mol. The Kier molecular flexibility index (Phi) is 3.88. The predicted octanol–water partition coefficient (Wildman–Crippen LogP) is 3.31. The van der Waals surface area contributed by atoms with Crippen molar-refractivity contribution in [3.8, 4) is 0 Å². The van der Waals surface area contributed by atoms with Gasteiger partial charge in [0, 0.05) is 17.3 Å². The standard InChI is InChI=1S/C12H14N4OS/c1-8(2)9-7-14-12(18-9)16-11(17)15-10-5-3-4-6-13-10/h3-8H,1-2H3,(H2,13,14,15,16,17). The molecule has 0 spiro atoms. The molecule has 5 nitrogen and oxygen atoms in total. The van der Waals surface area contributed by atoms with E-state index in [-0.39, 0.29) is 6.03 Å². The predicted molar refractivity (Wildman–Crippen MR) is 73.1 cm³/mol. The highest BCUT2D eigenvalue weighted by Gasteiger charge is 2.08.